The highest BCUT2D eigenvalue weighted by Gasteiger charge is 2.47. The number of benzene rings is 3. The van der Waals surface area contributed by atoms with Crippen molar-refractivity contribution in [1.82, 2.24) is 4.98 Å². The fourth-order valence-electron chi connectivity index (χ4n) is 4.09. The van der Waals surface area contributed by atoms with Crippen molar-refractivity contribution in [3.63, 3.8) is 0 Å². The van der Waals surface area contributed by atoms with Crippen molar-refractivity contribution < 1.29 is 19.1 Å². The number of nitrogens with one attached hydrogen (secondary N) is 1. The number of hydrogen-bond donors (Lipinski definition) is 2. The lowest BCUT2D eigenvalue weighted by Gasteiger charge is -2.25. The van der Waals surface area contributed by atoms with Crippen LogP contribution >= 0.6 is 0 Å². The largest absolute Gasteiger partial charge is 0.507 e. The Labute approximate surface area is 177 Å². The Kier molecular flexibility index (Phi) is 4.40. The molecule has 4 aromatic rings. The maximum Gasteiger partial charge on any atom is 0.300 e. The van der Waals surface area contributed by atoms with Crippen molar-refractivity contribution in [2.24, 2.45) is 0 Å². The van der Waals surface area contributed by atoms with E-state index >= 15 is 0 Å². The molecule has 0 bridgehead atoms. The average Bonchev–Trinajstić information content (AvgIpc) is 3.34. The van der Waals surface area contributed by atoms with Gasteiger partial charge in [-0.2, -0.15) is 0 Å². The number of halogens is 1. The number of aliphatic hydroxyl groups is 1. The number of H-pyrrole nitrogens is 1. The summed E-state index contributed by atoms with van der Waals surface area (Å²) in [5, 5.41) is 11.9. The Balaban J connectivity index is 1.79. The van der Waals surface area contributed by atoms with Crippen molar-refractivity contribution >= 4 is 34.0 Å². The van der Waals surface area contributed by atoms with Gasteiger partial charge in [-0.3, -0.25) is 14.5 Å². The predicted octanol–water partition coefficient (Wildman–Crippen LogP) is 4.93. The molecule has 1 unspecified atom stereocenters. The summed E-state index contributed by atoms with van der Waals surface area (Å²) in [5.41, 5.74) is 1.57. The lowest BCUT2D eigenvalue weighted by Crippen LogP contribution is -2.29. The second-order valence-corrected chi connectivity index (χ2v) is 7.27. The predicted molar refractivity (Wildman–Crippen MR) is 116 cm³/mol. The van der Waals surface area contributed by atoms with Crippen LogP contribution in [0.4, 0.5) is 10.1 Å². The number of fused-ring (bicyclic) bond motifs is 1. The molecule has 1 aliphatic heterocycles. The van der Waals surface area contributed by atoms with Gasteiger partial charge in [-0.15, -0.1) is 0 Å². The zero-order valence-electron chi connectivity index (χ0n) is 16.2. The van der Waals surface area contributed by atoms with E-state index in [1.807, 2.05) is 18.2 Å². The van der Waals surface area contributed by atoms with Crippen molar-refractivity contribution in [2.75, 3.05) is 4.90 Å². The molecule has 1 saturated heterocycles. The Hall–Kier alpha value is -4.19. The second-order valence-electron chi connectivity index (χ2n) is 7.27. The number of carbonyl (C=O) groups is 2. The van der Waals surface area contributed by atoms with Gasteiger partial charge < -0.3 is 10.1 Å². The standard InChI is InChI=1S/C25H17FN2O3/c26-19-12-6-4-11-17(19)22-21(23(29)18-14-27-20-13-7-5-10-16(18)20)24(30)25(31)28(22)15-8-2-1-3-9-15/h1-14,22,27,29H/b23-21+. The maximum absolute atomic E-state index is 14.9. The monoisotopic (exact) mass is 412 g/mol. The SMILES string of the molecule is O=C1C(=O)N(c2ccccc2)C(c2ccccc2F)/C1=C(\O)c1c[nH]c2ccccc12. The van der Waals surface area contributed by atoms with Gasteiger partial charge >= 0.3 is 0 Å². The van der Waals surface area contributed by atoms with Crippen molar-refractivity contribution in [3.05, 3.63) is 108 Å². The molecule has 31 heavy (non-hydrogen) atoms. The van der Waals surface area contributed by atoms with Crippen LogP contribution in [0.3, 0.4) is 0 Å². The molecule has 1 aliphatic rings. The fraction of sp³-hybridized carbons (Fsp3) is 0.0400. The zero-order chi connectivity index (χ0) is 21.5. The third-order valence-electron chi connectivity index (χ3n) is 5.52. The molecule has 2 heterocycles. The number of carbonyl (C=O) groups excluding carboxylic acids is 2. The summed E-state index contributed by atoms with van der Waals surface area (Å²) >= 11 is 0. The molecular formula is C25H17FN2O3. The van der Waals surface area contributed by atoms with Crippen LogP contribution in [0.1, 0.15) is 17.2 Å². The van der Waals surface area contributed by atoms with Gasteiger partial charge in [0.05, 0.1) is 11.6 Å². The summed E-state index contributed by atoms with van der Waals surface area (Å²) in [6.45, 7) is 0. The van der Waals surface area contributed by atoms with E-state index in [4.69, 9.17) is 0 Å². The van der Waals surface area contributed by atoms with Gasteiger partial charge in [0, 0.05) is 33.9 Å². The molecule has 1 aromatic heterocycles. The van der Waals surface area contributed by atoms with Crippen molar-refractivity contribution in [3.8, 4) is 0 Å². The minimum atomic E-state index is -1.10. The molecule has 1 fully saturated rings. The smallest absolute Gasteiger partial charge is 0.300 e. The first kappa shape index (κ1) is 18.8. The van der Waals surface area contributed by atoms with E-state index in [0.29, 0.717) is 16.6 Å². The summed E-state index contributed by atoms with van der Waals surface area (Å²) < 4.78 is 14.9. The Morgan fingerprint density at radius 1 is 0.903 bits per heavy atom. The number of nitrogens with zero attached hydrogens (tertiary/aromatic N) is 1. The van der Waals surface area contributed by atoms with Gasteiger partial charge in [0.1, 0.15) is 11.6 Å². The lowest BCUT2D eigenvalue weighted by atomic mass is 9.94. The van der Waals surface area contributed by atoms with E-state index in [1.165, 1.54) is 23.1 Å². The number of aromatic amines is 1. The first-order valence-electron chi connectivity index (χ1n) is 9.75. The number of anilines is 1. The highest BCUT2D eigenvalue weighted by atomic mass is 19.1. The van der Waals surface area contributed by atoms with Crippen LogP contribution in [0, 0.1) is 5.82 Å². The molecule has 5 rings (SSSR count). The molecule has 6 heteroatoms. The van der Waals surface area contributed by atoms with Crippen LogP contribution in [-0.4, -0.2) is 21.8 Å². The normalized spacial score (nSPS) is 18.1. The maximum atomic E-state index is 14.9. The van der Waals surface area contributed by atoms with Crippen LogP contribution in [-0.2, 0) is 9.59 Å². The summed E-state index contributed by atoms with van der Waals surface area (Å²) in [6, 6.07) is 20.7. The van der Waals surface area contributed by atoms with Crippen LogP contribution < -0.4 is 4.90 Å². The van der Waals surface area contributed by atoms with Gasteiger partial charge in [0.2, 0.25) is 0 Å². The highest BCUT2D eigenvalue weighted by molar-refractivity contribution is 6.51. The quantitative estimate of drug-likeness (QED) is 0.285. The third kappa shape index (κ3) is 2.92. The number of hydrogen-bond acceptors (Lipinski definition) is 3. The molecule has 0 spiro atoms. The second kappa shape index (κ2) is 7.25. The number of Topliss-reactive ketones (excluding diaryl/α,β-unsaturated/α-hetero) is 1. The van der Waals surface area contributed by atoms with Gasteiger partial charge in [0.25, 0.3) is 11.7 Å². The summed E-state index contributed by atoms with van der Waals surface area (Å²) in [6.07, 6.45) is 1.58. The number of rotatable bonds is 3. The molecule has 3 aromatic carbocycles. The first-order valence-corrected chi connectivity index (χ1v) is 9.75. The van der Waals surface area contributed by atoms with E-state index in [2.05, 4.69) is 4.98 Å². The molecule has 5 nitrogen and oxygen atoms in total. The van der Waals surface area contributed by atoms with E-state index in [0.717, 1.165) is 5.52 Å². The van der Waals surface area contributed by atoms with Crippen LogP contribution in [0.5, 0.6) is 0 Å². The number of aromatic nitrogens is 1. The van der Waals surface area contributed by atoms with Gasteiger partial charge in [0.15, 0.2) is 0 Å². The molecule has 1 amide bonds. The molecule has 0 radical (unpaired) electrons. The van der Waals surface area contributed by atoms with Crippen LogP contribution in [0.25, 0.3) is 16.7 Å². The average molecular weight is 412 g/mol. The lowest BCUT2D eigenvalue weighted by molar-refractivity contribution is -0.132. The van der Waals surface area contributed by atoms with Gasteiger partial charge in [-0.1, -0.05) is 54.6 Å². The number of amides is 1. The summed E-state index contributed by atoms with van der Waals surface area (Å²) in [5.74, 6) is -2.59. The van der Waals surface area contributed by atoms with Crippen LogP contribution in [0.15, 0.2) is 90.6 Å². The molecule has 2 N–H and O–H groups in total. The number of ketones is 1. The minimum absolute atomic E-state index is 0.131. The molecular weight excluding hydrogens is 395 g/mol. The minimum Gasteiger partial charge on any atom is -0.507 e. The Bertz CT molecular complexity index is 1360. The van der Waals surface area contributed by atoms with Crippen molar-refractivity contribution in [1.29, 1.82) is 0 Å². The van der Waals surface area contributed by atoms with Gasteiger partial charge in [-0.05, 0) is 24.3 Å². The number of para-hydroxylation sites is 2. The summed E-state index contributed by atoms with van der Waals surface area (Å²) in [4.78, 5) is 30.5. The summed E-state index contributed by atoms with van der Waals surface area (Å²) in [7, 11) is 0. The fourth-order valence-corrected chi connectivity index (χ4v) is 4.09. The third-order valence-corrected chi connectivity index (χ3v) is 5.52. The molecule has 1 atom stereocenters. The first-order chi connectivity index (χ1) is 15.1. The van der Waals surface area contributed by atoms with E-state index in [9.17, 15) is 19.1 Å². The number of aliphatic hydroxyl groups excluding tert-OH is 1. The highest BCUT2D eigenvalue weighted by Crippen LogP contribution is 2.43. The zero-order valence-corrected chi connectivity index (χ0v) is 16.2. The topological polar surface area (TPSA) is 73.4 Å². The van der Waals surface area contributed by atoms with Gasteiger partial charge in [-0.25, -0.2) is 4.39 Å². The van der Waals surface area contributed by atoms with E-state index < -0.39 is 23.5 Å². The van der Waals surface area contributed by atoms with E-state index in [-0.39, 0.29) is 16.9 Å². The Morgan fingerprint density at radius 2 is 1.58 bits per heavy atom. The Morgan fingerprint density at radius 3 is 2.35 bits per heavy atom. The van der Waals surface area contributed by atoms with Crippen molar-refractivity contribution in [2.45, 2.75) is 6.04 Å². The molecule has 0 aliphatic carbocycles. The van der Waals surface area contributed by atoms with Crippen LogP contribution in [0.2, 0.25) is 0 Å². The van der Waals surface area contributed by atoms with E-state index in [1.54, 1.807) is 48.7 Å². The molecule has 0 saturated carbocycles. The molecule has 152 valence electrons.